The summed E-state index contributed by atoms with van der Waals surface area (Å²) in [4.78, 5) is 4.57. The van der Waals surface area contributed by atoms with Gasteiger partial charge in [-0.2, -0.15) is 5.10 Å². The molecule has 0 aromatic carbocycles. The number of aromatic nitrogens is 3. The van der Waals surface area contributed by atoms with Crippen molar-refractivity contribution in [2.75, 3.05) is 26.4 Å². The van der Waals surface area contributed by atoms with E-state index in [9.17, 15) is 8.42 Å². The van der Waals surface area contributed by atoms with Gasteiger partial charge in [0.25, 0.3) is 0 Å². The molecule has 0 fully saturated rings. The smallest absolute Gasteiger partial charge is 0.213 e. The van der Waals surface area contributed by atoms with Gasteiger partial charge in [-0.15, -0.1) is 0 Å². The molecule has 0 amide bonds. The van der Waals surface area contributed by atoms with Gasteiger partial charge in [0.2, 0.25) is 10.0 Å². The average molecular weight is 329 g/mol. The first kappa shape index (κ1) is 17.4. The summed E-state index contributed by atoms with van der Waals surface area (Å²) in [7, 11) is 0.0535. The second-order valence-corrected chi connectivity index (χ2v) is 8.67. The Labute approximate surface area is 133 Å². The van der Waals surface area contributed by atoms with Crippen LogP contribution in [0.3, 0.4) is 0 Å². The summed E-state index contributed by atoms with van der Waals surface area (Å²) in [5.74, 6) is 2.51. The van der Waals surface area contributed by atoms with E-state index in [1.165, 1.54) is 4.31 Å². The van der Waals surface area contributed by atoms with Crippen LogP contribution in [0.25, 0.3) is 0 Å². The Hall–Kier alpha value is -0.990. The highest BCUT2D eigenvalue weighted by atomic mass is 32.2. The first-order valence-corrected chi connectivity index (χ1v) is 9.47. The minimum atomic E-state index is -3.09. The third-order valence-electron chi connectivity index (χ3n) is 3.96. The first-order chi connectivity index (χ1) is 10.3. The quantitative estimate of drug-likeness (QED) is 0.741. The lowest BCUT2D eigenvalue weighted by Crippen LogP contribution is -2.39. The van der Waals surface area contributed by atoms with Crippen LogP contribution in [0.4, 0.5) is 0 Å². The van der Waals surface area contributed by atoms with E-state index in [0.29, 0.717) is 24.9 Å². The van der Waals surface area contributed by atoms with Gasteiger partial charge >= 0.3 is 0 Å². The zero-order valence-electron chi connectivity index (χ0n) is 13.9. The van der Waals surface area contributed by atoms with Crippen molar-refractivity contribution in [3.8, 4) is 0 Å². The molecule has 1 N–H and O–H groups in total. The summed E-state index contributed by atoms with van der Waals surface area (Å²) < 4.78 is 26.6. The Bertz CT molecular complexity index is 594. The van der Waals surface area contributed by atoms with Gasteiger partial charge in [0.15, 0.2) is 5.82 Å². The van der Waals surface area contributed by atoms with Crippen LogP contribution in [-0.2, 0) is 23.0 Å². The van der Waals surface area contributed by atoms with Crippen LogP contribution in [0.15, 0.2) is 0 Å². The molecule has 0 spiro atoms. The topological polar surface area (TPSA) is 80.1 Å². The molecule has 8 heteroatoms. The summed E-state index contributed by atoms with van der Waals surface area (Å²) in [6.07, 6.45) is 2.57. The van der Waals surface area contributed by atoms with Gasteiger partial charge in [-0.3, -0.25) is 0 Å². The molecular formula is C14H27N5O2S. The maximum absolute atomic E-state index is 11.7. The molecule has 1 aromatic rings. The minimum Gasteiger partial charge on any atom is -0.312 e. The highest BCUT2D eigenvalue weighted by Crippen LogP contribution is 2.16. The maximum atomic E-state index is 11.7. The van der Waals surface area contributed by atoms with Crippen molar-refractivity contribution in [3.63, 3.8) is 0 Å². The fourth-order valence-electron chi connectivity index (χ4n) is 2.48. The molecule has 0 saturated heterocycles. The highest BCUT2D eigenvalue weighted by molar-refractivity contribution is 7.89. The van der Waals surface area contributed by atoms with Gasteiger partial charge in [-0.05, 0) is 19.4 Å². The standard InChI is InChI=1S/C14H27N5O2S/c1-11(2)14-16-13-7-6-12(10-19(13)17-14)15-8-5-9-22(20,21)18(3)4/h11-12,15H,5-10H2,1-4H3/t12-/m0/s1. The number of nitrogens with one attached hydrogen (secondary N) is 1. The van der Waals surface area contributed by atoms with Crippen molar-refractivity contribution in [1.82, 2.24) is 24.4 Å². The Morgan fingerprint density at radius 3 is 2.77 bits per heavy atom. The molecule has 126 valence electrons. The molecule has 0 unspecified atom stereocenters. The number of nitrogens with zero attached hydrogens (tertiary/aromatic N) is 4. The lowest BCUT2D eigenvalue weighted by molar-refractivity contribution is 0.359. The van der Waals surface area contributed by atoms with Crippen LogP contribution in [-0.4, -0.2) is 59.9 Å². The normalized spacial score (nSPS) is 18.9. The Morgan fingerprint density at radius 1 is 1.41 bits per heavy atom. The number of rotatable bonds is 7. The number of aryl methyl sites for hydroxylation is 1. The van der Waals surface area contributed by atoms with Crippen molar-refractivity contribution >= 4 is 10.0 Å². The van der Waals surface area contributed by atoms with Crippen molar-refractivity contribution in [3.05, 3.63) is 11.6 Å². The Kier molecular flexibility index (Phi) is 5.57. The molecule has 2 rings (SSSR count). The van der Waals surface area contributed by atoms with Crippen molar-refractivity contribution in [2.24, 2.45) is 0 Å². The fraction of sp³-hybridized carbons (Fsp3) is 0.857. The van der Waals surface area contributed by atoms with Gasteiger partial charge < -0.3 is 5.32 Å². The molecule has 0 radical (unpaired) electrons. The molecule has 1 aliphatic rings. The summed E-state index contributed by atoms with van der Waals surface area (Å²) >= 11 is 0. The van der Waals surface area contributed by atoms with Crippen LogP contribution >= 0.6 is 0 Å². The molecule has 0 saturated carbocycles. The largest absolute Gasteiger partial charge is 0.312 e. The summed E-state index contributed by atoms with van der Waals surface area (Å²) in [5, 5.41) is 8.00. The third-order valence-corrected chi connectivity index (χ3v) is 5.88. The third kappa shape index (κ3) is 4.27. The van der Waals surface area contributed by atoms with E-state index in [0.717, 1.165) is 31.0 Å². The summed E-state index contributed by atoms with van der Waals surface area (Å²) in [5.41, 5.74) is 0. The van der Waals surface area contributed by atoms with Crippen molar-refractivity contribution < 1.29 is 8.42 Å². The Morgan fingerprint density at radius 2 is 2.14 bits per heavy atom. The zero-order chi connectivity index (χ0) is 16.3. The highest BCUT2D eigenvalue weighted by Gasteiger charge is 2.22. The van der Waals surface area contributed by atoms with E-state index in [2.05, 4.69) is 29.2 Å². The van der Waals surface area contributed by atoms with Gasteiger partial charge in [-0.25, -0.2) is 22.4 Å². The summed E-state index contributed by atoms with van der Waals surface area (Å²) in [6.45, 7) is 5.72. The number of fused-ring (bicyclic) bond motifs is 1. The molecule has 1 aromatic heterocycles. The van der Waals surface area contributed by atoms with E-state index < -0.39 is 10.0 Å². The van der Waals surface area contributed by atoms with Gasteiger partial charge in [-0.1, -0.05) is 13.8 Å². The molecule has 1 aliphatic heterocycles. The van der Waals surface area contributed by atoms with Gasteiger partial charge in [0.1, 0.15) is 5.82 Å². The average Bonchev–Trinajstić information content (AvgIpc) is 2.86. The predicted molar refractivity (Wildman–Crippen MR) is 86.3 cm³/mol. The predicted octanol–water partition coefficient (Wildman–Crippen LogP) is 0.587. The number of hydrogen-bond donors (Lipinski definition) is 1. The maximum Gasteiger partial charge on any atom is 0.213 e. The zero-order valence-corrected chi connectivity index (χ0v) is 14.7. The van der Waals surface area contributed by atoms with Crippen molar-refractivity contribution in [2.45, 2.75) is 51.6 Å². The van der Waals surface area contributed by atoms with Crippen LogP contribution in [0, 0.1) is 0 Å². The summed E-state index contributed by atoms with van der Waals surface area (Å²) in [6, 6.07) is 0.344. The van der Waals surface area contributed by atoms with Crippen molar-refractivity contribution in [1.29, 1.82) is 0 Å². The fourth-order valence-corrected chi connectivity index (χ4v) is 3.36. The number of sulfonamides is 1. The second kappa shape index (κ2) is 7.06. The molecule has 0 aliphatic carbocycles. The SMILES string of the molecule is CC(C)c1nc2n(n1)C[C@@H](NCCCS(=O)(=O)N(C)C)CC2. The van der Waals surface area contributed by atoms with E-state index in [4.69, 9.17) is 0 Å². The molecular weight excluding hydrogens is 302 g/mol. The van der Waals surface area contributed by atoms with E-state index in [-0.39, 0.29) is 5.75 Å². The first-order valence-electron chi connectivity index (χ1n) is 7.87. The molecule has 22 heavy (non-hydrogen) atoms. The molecule has 7 nitrogen and oxygen atoms in total. The van der Waals surface area contributed by atoms with E-state index in [1.807, 2.05) is 4.68 Å². The van der Waals surface area contributed by atoms with E-state index >= 15 is 0 Å². The van der Waals surface area contributed by atoms with Crippen LogP contribution in [0.5, 0.6) is 0 Å². The lowest BCUT2D eigenvalue weighted by Gasteiger charge is -2.23. The number of hydrogen-bond acceptors (Lipinski definition) is 5. The monoisotopic (exact) mass is 329 g/mol. The van der Waals surface area contributed by atoms with E-state index in [1.54, 1.807) is 14.1 Å². The lowest BCUT2D eigenvalue weighted by atomic mass is 10.1. The minimum absolute atomic E-state index is 0.186. The molecule has 1 atom stereocenters. The molecule has 0 bridgehead atoms. The van der Waals surface area contributed by atoms with Gasteiger partial charge in [0, 0.05) is 32.5 Å². The molecule has 2 heterocycles. The second-order valence-electron chi connectivity index (χ2n) is 6.36. The van der Waals surface area contributed by atoms with Crippen LogP contribution in [0.2, 0.25) is 0 Å². The van der Waals surface area contributed by atoms with Crippen LogP contribution in [0.1, 0.15) is 44.3 Å². The van der Waals surface area contributed by atoms with Crippen LogP contribution < -0.4 is 5.32 Å². The Balaban J connectivity index is 1.79. The van der Waals surface area contributed by atoms with Gasteiger partial charge in [0.05, 0.1) is 12.3 Å².